The molecule has 0 amide bonds. The standard InChI is InChI=1S/C15H24N2O2S2/c1-11(15(2,3)4)9-17-21(18,19)10-12-7-5-6-8-13(12)14(16)20/h5-8,11,17H,9-10H2,1-4H3,(H2,16,20). The summed E-state index contributed by atoms with van der Waals surface area (Å²) in [6.45, 7) is 8.73. The summed E-state index contributed by atoms with van der Waals surface area (Å²) in [5, 5.41) is 0. The van der Waals surface area contributed by atoms with Gasteiger partial charge in [-0.1, -0.05) is 64.2 Å². The monoisotopic (exact) mass is 328 g/mol. The van der Waals surface area contributed by atoms with Crippen LogP contribution in [0.4, 0.5) is 0 Å². The molecule has 1 unspecified atom stereocenters. The number of nitrogens with two attached hydrogens (primary N) is 1. The van der Waals surface area contributed by atoms with E-state index in [1.807, 2.05) is 6.92 Å². The van der Waals surface area contributed by atoms with Crippen LogP contribution in [0.1, 0.15) is 38.8 Å². The first kappa shape index (κ1) is 18.1. The fourth-order valence-corrected chi connectivity index (χ4v) is 3.17. The minimum atomic E-state index is -3.41. The molecule has 0 aliphatic heterocycles. The van der Waals surface area contributed by atoms with Gasteiger partial charge in [0.05, 0.1) is 5.75 Å². The highest BCUT2D eigenvalue weighted by Crippen LogP contribution is 2.24. The number of rotatable bonds is 6. The van der Waals surface area contributed by atoms with E-state index in [0.717, 1.165) is 0 Å². The lowest BCUT2D eigenvalue weighted by molar-refractivity contribution is 0.263. The van der Waals surface area contributed by atoms with Crippen molar-refractivity contribution in [3.63, 3.8) is 0 Å². The lowest BCUT2D eigenvalue weighted by Crippen LogP contribution is -2.34. The largest absolute Gasteiger partial charge is 0.389 e. The highest BCUT2D eigenvalue weighted by molar-refractivity contribution is 7.88. The van der Waals surface area contributed by atoms with Gasteiger partial charge in [0.1, 0.15) is 4.99 Å². The Balaban J connectivity index is 2.80. The Morgan fingerprint density at radius 3 is 2.43 bits per heavy atom. The molecule has 0 radical (unpaired) electrons. The second kappa shape index (κ2) is 6.85. The van der Waals surface area contributed by atoms with Crippen LogP contribution in [0.2, 0.25) is 0 Å². The van der Waals surface area contributed by atoms with Gasteiger partial charge < -0.3 is 5.73 Å². The van der Waals surface area contributed by atoms with E-state index in [4.69, 9.17) is 18.0 Å². The van der Waals surface area contributed by atoms with Crippen LogP contribution >= 0.6 is 12.2 Å². The molecule has 21 heavy (non-hydrogen) atoms. The topological polar surface area (TPSA) is 72.2 Å². The van der Waals surface area contributed by atoms with Crippen LogP contribution < -0.4 is 10.5 Å². The highest BCUT2D eigenvalue weighted by Gasteiger charge is 2.22. The molecule has 4 nitrogen and oxygen atoms in total. The Morgan fingerprint density at radius 2 is 1.90 bits per heavy atom. The van der Waals surface area contributed by atoms with Crippen LogP contribution in [-0.2, 0) is 15.8 Å². The molecule has 0 aromatic heterocycles. The van der Waals surface area contributed by atoms with Crippen LogP contribution in [0.25, 0.3) is 0 Å². The summed E-state index contributed by atoms with van der Waals surface area (Å²) in [5.41, 5.74) is 6.92. The van der Waals surface area contributed by atoms with Crippen molar-refractivity contribution in [1.82, 2.24) is 4.72 Å². The molecule has 1 rings (SSSR count). The summed E-state index contributed by atoms with van der Waals surface area (Å²) in [7, 11) is -3.41. The molecule has 1 atom stereocenters. The molecular weight excluding hydrogens is 304 g/mol. The van der Waals surface area contributed by atoms with E-state index in [0.29, 0.717) is 17.7 Å². The van der Waals surface area contributed by atoms with Crippen molar-refractivity contribution in [1.29, 1.82) is 0 Å². The number of thiocarbonyl (C=S) groups is 1. The van der Waals surface area contributed by atoms with E-state index in [1.165, 1.54) is 0 Å². The number of sulfonamides is 1. The Bertz CT molecular complexity index is 604. The lowest BCUT2D eigenvalue weighted by atomic mass is 9.82. The third-order valence-electron chi connectivity index (χ3n) is 3.72. The van der Waals surface area contributed by atoms with Gasteiger partial charge in [-0.25, -0.2) is 13.1 Å². The Hall–Kier alpha value is -0.980. The molecule has 0 aliphatic rings. The Kier molecular flexibility index (Phi) is 5.90. The predicted molar refractivity (Wildman–Crippen MR) is 91.6 cm³/mol. The SMILES string of the molecule is CC(CNS(=O)(=O)Cc1ccccc1C(N)=S)C(C)(C)C. The molecule has 0 bridgehead atoms. The molecule has 0 aliphatic carbocycles. The summed E-state index contributed by atoms with van der Waals surface area (Å²) in [6.07, 6.45) is 0. The first-order chi connectivity index (χ1) is 9.53. The molecule has 1 aromatic carbocycles. The van der Waals surface area contributed by atoms with Gasteiger partial charge in [0.15, 0.2) is 0 Å². The normalized spacial score (nSPS) is 13.9. The molecule has 1 aromatic rings. The van der Waals surface area contributed by atoms with E-state index < -0.39 is 10.0 Å². The van der Waals surface area contributed by atoms with Crippen molar-refractivity contribution in [3.8, 4) is 0 Å². The second-order valence-corrected chi connectivity index (χ2v) is 8.64. The van der Waals surface area contributed by atoms with Crippen molar-refractivity contribution < 1.29 is 8.42 Å². The molecule has 3 N–H and O–H groups in total. The molecule has 0 spiro atoms. The van der Waals surface area contributed by atoms with E-state index in [-0.39, 0.29) is 22.1 Å². The molecule has 0 heterocycles. The van der Waals surface area contributed by atoms with Crippen LogP contribution in [0, 0.1) is 11.3 Å². The van der Waals surface area contributed by atoms with Crippen molar-refractivity contribution in [3.05, 3.63) is 35.4 Å². The summed E-state index contributed by atoms with van der Waals surface area (Å²) < 4.78 is 27.1. The average molecular weight is 329 g/mol. The Morgan fingerprint density at radius 1 is 1.33 bits per heavy atom. The van der Waals surface area contributed by atoms with Gasteiger partial charge in [0.2, 0.25) is 10.0 Å². The van der Waals surface area contributed by atoms with Crippen LogP contribution in [0.5, 0.6) is 0 Å². The van der Waals surface area contributed by atoms with Crippen molar-refractivity contribution in [2.75, 3.05) is 6.54 Å². The van der Waals surface area contributed by atoms with Gasteiger partial charge in [0, 0.05) is 12.1 Å². The van der Waals surface area contributed by atoms with E-state index in [2.05, 4.69) is 25.5 Å². The van der Waals surface area contributed by atoms with Gasteiger partial charge >= 0.3 is 0 Å². The first-order valence-corrected chi connectivity index (χ1v) is 8.94. The number of hydrogen-bond acceptors (Lipinski definition) is 3. The predicted octanol–water partition coefficient (Wildman–Crippen LogP) is 2.42. The smallest absolute Gasteiger partial charge is 0.215 e. The fraction of sp³-hybridized carbons (Fsp3) is 0.533. The van der Waals surface area contributed by atoms with E-state index >= 15 is 0 Å². The van der Waals surface area contributed by atoms with Crippen molar-refractivity contribution in [2.24, 2.45) is 17.1 Å². The molecule has 0 fully saturated rings. The van der Waals surface area contributed by atoms with Crippen LogP contribution in [0.3, 0.4) is 0 Å². The maximum Gasteiger partial charge on any atom is 0.215 e. The molecule has 118 valence electrons. The van der Waals surface area contributed by atoms with Gasteiger partial charge in [-0.2, -0.15) is 0 Å². The number of benzene rings is 1. The van der Waals surface area contributed by atoms with Crippen LogP contribution in [0.15, 0.2) is 24.3 Å². The zero-order valence-corrected chi connectivity index (χ0v) is 14.6. The number of hydrogen-bond donors (Lipinski definition) is 2. The molecular formula is C15H24N2O2S2. The summed E-state index contributed by atoms with van der Waals surface area (Å²) in [4.78, 5) is 0.212. The summed E-state index contributed by atoms with van der Waals surface area (Å²) >= 11 is 4.96. The zero-order valence-electron chi connectivity index (χ0n) is 13.0. The van der Waals surface area contributed by atoms with Gasteiger partial charge in [-0.15, -0.1) is 0 Å². The maximum absolute atomic E-state index is 12.2. The third kappa shape index (κ3) is 5.73. The molecule has 6 heteroatoms. The third-order valence-corrected chi connectivity index (χ3v) is 5.23. The Labute approximate surface area is 133 Å². The molecule has 0 saturated carbocycles. The van der Waals surface area contributed by atoms with Gasteiger partial charge in [-0.05, 0) is 16.9 Å². The highest BCUT2D eigenvalue weighted by atomic mass is 32.2. The molecule has 0 saturated heterocycles. The van der Waals surface area contributed by atoms with Crippen LogP contribution in [-0.4, -0.2) is 20.0 Å². The minimum absolute atomic E-state index is 0.0548. The van der Waals surface area contributed by atoms with Crippen molar-refractivity contribution in [2.45, 2.75) is 33.4 Å². The summed E-state index contributed by atoms with van der Waals surface area (Å²) in [6, 6.07) is 7.05. The van der Waals surface area contributed by atoms with Gasteiger partial charge in [-0.3, -0.25) is 0 Å². The van der Waals surface area contributed by atoms with Crippen molar-refractivity contribution >= 4 is 27.2 Å². The number of nitrogens with one attached hydrogen (secondary N) is 1. The second-order valence-electron chi connectivity index (χ2n) is 6.40. The van der Waals surface area contributed by atoms with Gasteiger partial charge in [0.25, 0.3) is 0 Å². The summed E-state index contributed by atoms with van der Waals surface area (Å²) in [5.74, 6) is 0.121. The first-order valence-electron chi connectivity index (χ1n) is 6.88. The van der Waals surface area contributed by atoms with E-state index in [1.54, 1.807) is 24.3 Å². The quantitative estimate of drug-likeness (QED) is 0.787. The average Bonchev–Trinajstić information content (AvgIpc) is 2.34. The fourth-order valence-electron chi connectivity index (χ4n) is 1.70. The minimum Gasteiger partial charge on any atom is -0.389 e. The van der Waals surface area contributed by atoms with E-state index in [9.17, 15) is 8.42 Å². The maximum atomic E-state index is 12.2. The lowest BCUT2D eigenvalue weighted by Gasteiger charge is -2.27. The zero-order chi connectivity index (χ0) is 16.3.